The molecule has 0 fully saturated rings. The summed E-state index contributed by atoms with van der Waals surface area (Å²) >= 11 is 0. The van der Waals surface area contributed by atoms with Crippen molar-refractivity contribution >= 4 is 40.8 Å². The molecular weight excluding hydrogens is 477 g/mol. The number of guanidine groups is 1. The maximum absolute atomic E-state index is 5.48. The van der Waals surface area contributed by atoms with Crippen LogP contribution >= 0.6 is 24.0 Å². The third-order valence-electron chi connectivity index (χ3n) is 5.01. The van der Waals surface area contributed by atoms with Crippen molar-refractivity contribution in [2.45, 2.75) is 33.7 Å². The van der Waals surface area contributed by atoms with E-state index in [0.29, 0.717) is 6.54 Å². The van der Waals surface area contributed by atoms with E-state index in [2.05, 4.69) is 56.9 Å². The maximum Gasteiger partial charge on any atom is 0.191 e. The maximum atomic E-state index is 5.48. The van der Waals surface area contributed by atoms with Crippen LogP contribution in [-0.4, -0.2) is 36.6 Å². The van der Waals surface area contributed by atoms with Crippen molar-refractivity contribution in [1.29, 1.82) is 0 Å². The molecule has 7 heteroatoms. The molecule has 0 unspecified atom stereocenters. The summed E-state index contributed by atoms with van der Waals surface area (Å²) in [6.07, 6.45) is 4.85. The van der Waals surface area contributed by atoms with Crippen molar-refractivity contribution in [1.82, 2.24) is 20.6 Å². The van der Waals surface area contributed by atoms with Gasteiger partial charge in [0.2, 0.25) is 0 Å². The average Bonchev–Trinajstić information content (AvgIpc) is 3.08. The van der Waals surface area contributed by atoms with Crippen molar-refractivity contribution < 1.29 is 4.74 Å². The van der Waals surface area contributed by atoms with Crippen molar-refractivity contribution in [3.05, 3.63) is 58.5 Å². The zero-order valence-electron chi connectivity index (χ0n) is 17.7. The van der Waals surface area contributed by atoms with E-state index in [1.165, 1.54) is 22.0 Å². The van der Waals surface area contributed by atoms with E-state index < -0.39 is 0 Å². The topological polar surface area (TPSA) is 74.3 Å². The molecule has 29 heavy (non-hydrogen) atoms. The first-order chi connectivity index (χ1) is 13.5. The second-order valence-corrected chi connectivity index (χ2v) is 7.01. The van der Waals surface area contributed by atoms with Gasteiger partial charge in [-0.3, -0.25) is 9.98 Å². The van der Waals surface area contributed by atoms with Gasteiger partial charge in [0, 0.05) is 48.0 Å². The van der Waals surface area contributed by atoms with Crippen molar-refractivity contribution in [3.8, 4) is 5.75 Å². The molecule has 0 radical (unpaired) electrons. The van der Waals surface area contributed by atoms with Crippen LogP contribution in [-0.2, 0) is 13.0 Å². The van der Waals surface area contributed by atoms with Gasteiger partial charge in [-0.1, -0.05) is 12.1 Å². The van der Waals surface area contributed by atoms with E-state index in [1.807, 2.05) is 20.0 Å². The Balaban J connectivity index is 0.00000300. The summed E-state index contributed by atoms with van der Waals surface area (Å²) in [6, 6.07) is 6.51. The Morgan fingerprint density at radius 2 is 2.00 bits per heavy atom. The molecule has 0 aliphatic rings. The second-order valence-electron chi connectivity index (χ2n) is 7.01. The molecule has 0 amide bonds. The number of fused-ring (bicyclic) bond motifs is 1. The first-order valence-corrected chi connectivity index (χ1v) is 9.53. The van der Waals surface area contributed by atoms with E-state index in [9.17, 15) is 0 Å². The molecule has 6 nitrogen and oxygen atoms in total. The van der Waals surface area contributed by atoms with Gasteiger partial charge in [0.25, 0.3) is 0 Å². The quantitative estimate of drug-likeness (QED) is 0.268. The fourth-order valence-corrected chi connectivity index (χ4v) is 3.46. The highest BCUT2D eigenvalue weighted by Gasteiger charge is 2.10. The van der Waals surface area contributed by atoms with Gasteiger partial charge in [-0.2, -0.15) is 0 Å². The van der Waals surface area contributed by atoms with Crippen molar-refractivity contribution in [3.63, 3.8) is 0 Å². The van der Waals surface area contributed by atoms with Crippen LogP contribution in [0.3, 0.4) is 0 Å². The van der Waals surface area contributed by atoms with Gasteiger partial charge in [0.05, 0.1) is 19.3 Å². The molecule has 2 heterocycles. The number of methoxy groups -OCH3 is 1. The number of H-pyrrole nitrogens is 1. The SMILES string of the molecule is CN=C(NCCc1c[nH]c2cc(C)ccc12)NCc1ncc(C)c(OC)c1C.I. The van der Waals surface area contributed by atoms with Crippen molar-refractivity contribution in [2.24, 2.45) is 4.99 Å². The highest BCUT2D eigenvalue weighted by Crippen LogP contribution is 2.23. The van der Waals surface area contributed by atoms with E-state index in [4.69, 9.17) is 4.74 Å². The highest BCUT2D eigenvalue weighted by atomic mass is 127. The third kappa shape index (κ3) is 5.41. The number of aryl methyl sites for hydroxylation is 2. The number of hydrogen-bond donors (Lipinski definition) is 3. The molecule has 0 aliphatic heterocycles. The molecule has 3 rings (SSSR count). The highest BCUT2D eigenvalue weighted by molar-refractivity contribution is 14.0. The molecule has 3 aromatic rings. The van der Waals surface area contributed by atoms with Gasteiger partial charge >= 0.3 is 0 Å². The standard InChI is InChI=1S/C22H29N5O.HI/c1-14-6-7-18-17(12-26-19(18)10-14)8-9-24-22(23-4)27-13-20-16(3)21(28-5)15(2)11-25-20;/h6-7,10-12,26H,8-9,13H2,1-5H3,(H2,23,24,27);1H. The summed E-state index contributed by atoms with van der Waals surface area (Å²) in [5.41, 5.74) is 6.81. The molecule has 0 saturated carbocycles. The number of aromatic nitrogens is 2. The van der Waals surface area contributed by atoms with Crippen LogP contribution in [0.25, 0.3) is 10.9 Å². The number of benzene rings is 1. The van der Waals surface area contributed by atoms with Crippen LogP contribution in [0.5, 0.6) is 5.75 Å². The van der Waals surface area contributed by atoms with E-state index in [0.717, 1.165) is 41.5 Å². The van der Waals surface area contributed by atoms with Gasteiger partial charge in [-0.25, -0.2) is 0 Å². The van der Waals surface area contributed by atoms with Gasteiger partial charge in [0.1, 0.15) is 5.75 Å². The molecule has 156 valence electrons. The number of ether oxygens (including phenoxy) is 1. The lowest BCUT2D eigenvalue weighted by molar-refractivity contribution is 0.406. The number of nitrogens with zero attached hydrogens (tertiary/aromatic N) is 2. The Morgan fingerprint density at radius 1 is 1.21 bits per heavy atom. The number of pyridine rings is 1. The predicted molar refractivity (Wildman–Crippen MR) is 131 cm³/mol. The zero-order valence-corrected chi connectivity index (χ0v) is 20.0. The minimum absolute atomic E-state index is 0. The first kappa shape index (κ1) is 23.0. The number of aliphatic imine (C=N–C) groups is 1. The number of hydrogen-bond acceptors (Lipinski definition) is 3. The Morgan fingerprint density at radius 3 is 2.72 bits per heavy atom. The van der Waals surface area contributed by atoms with Crippen LogP contribution in [0.2, 0.25) is 0 Å². The molecule has 0 bridgehead atoms. The monoisotopic (exact) mass is 507 g/mol. The summed E-state index contributed by atoms with van der Waals surface area (Å²) in [6.45, 7) is 7.53. The lowest BCUT2D eigenvalue weighted by atomic mass is 10.1. The Bertz CT molecular complexity index is 996. The van der Waals surface area contributed by atoms with Gasteiger partial charge in [-0.15, -0.1) is 24.0 Å². The van der Waals surface area contributed by atoms with Gasteiger partial charge in [0.15, 0.2) is 5.96 Å². The normalized spacial score (nSPS) is 11.3. The summed E-state index contributed by atoms with van der Waals surface area (Å²) in [5, 5.41) is 7.99. The van der Waals surface area contributed by atoms with Crippen LogP contribution < -0.4 is 15.4 Å². The molecule has 2 aromatic heterocycles. The Hall–Kier alpha value is -2.29. The fraction of sp³-hybridized carbons (Fsp3) is 0.364. The van der Waals surface area contributed by atoms with E-state index in [1.54, 1.807) is 14.2 Å². The van der Waals surface area contributed by atoms with Crippen LogP contribution in [0.1, 0.15) is 27.9 Å². The molecule has 0 saturated heterocycles. The molecule has 0 atom stereocenters. The summed E-state index contributed by atoms with van der Waals surface area (Å²) in [4.78, 5) is 12.2. The van der Waals surface area contributed by atoms with Gasteiger partial charge < -0.3 is 20.4 Å². The second kappa shape index (κ2) is 10.5. The average molecular weight is 507 g/mol. The molecule has 0 spiro atoms. The van der Waals surface area contributed by atoms with Crippen molar-refractivity contribution in [2.75, 3.05) is 20.7 Å². The lowest BCUT2D eigenvalue weighted by Crippen LogP contribution is -2.38. The number of nitrogens with one attached hydrogen (secondary N) is 3. The largest absolute Gasteiger partial charge is 0.496 e. The smallest absolute Gasteiger partial charge is 0.191 e. The molecule has 3 N–H and O–H groups in total. The van der Waals surface area contributed by atoms with Crippen LogP contribution in [0.15, 0.2) is 35.6 Å². The zero-order chi connectivity index (χ0) is 20.1. The van der Waals surface area contributed by atoms with Crippen LogP contribution in [0, 0.1) is 20.8 Å². The van der Waals surface area contributed by atoms with Gasteiger partial charge in [-0.05, 0) is 44.4 Å². The third-order valence-corrected chi connectivity index (χ3v) is 5.01. The number of halogens is 1. The summed E-state index contributed by atoms with van der Waals surface area (Å²) in [7, 11) is 3.47. The summed E-state index contributed by atoms with van der Waals surface area (Å²) in [5.74, 6) is 1.65. The fourth-order valence-electron chi connectivity index (χ4n) is 3.46. The lowest BCUT2D eigenvalue weighted by Gasteiger charge is -2.15. The Kier molecular flexibility index (Phi) is 8.31. The molecule has 0 aliphatic carbocycles. The minimum atomic E-state index is 0. The van der Waals surface area contributed by atoms with E-state index >= 15 is 0 Å². The Labute approximate surface area is 189 Å². The minimum Gasteiger partial charge on any atom is -0.496 e. The molecule has 1 aromatic carbocycles. The van der Waals surface area contributed by atoms with Crippen LogP contribution in [0.4, 0.5) is 0 Å². The molecular formula is C22H30IN5O. The number of rotatable bonds is 6. The predicted octanol–water partition coefficient (Wildman–Crippen LogP) is 4.02. The van der Waals surface area contributed by atoms with E-state index in [-0.39, 0.29) is 24.0 Å². The first-order valence-electron chi connectivity index (χ1n) is 9.53. The summed E-state index contributed by atoms with van der Waals surface area (Å²) < 4.78 is 5.48. The number of aromatic amines is 1.